The molecular weight excluding hydrogens is 288 g/mol. The molecule has 7 nitrogen and oxygen atoms in total. The van der Waals surface area contributed by atoms with Crippen LogP contribution in [0.1, 0.15) is 5.56 Å². The molecule has 1 aromatic carbocycles. The molecule has 2 aromatic heterocycles. The summed E-state index contributed by atoms with van der Waals surface area (Å²) in [5.74, 6) is 1.89. The number of nitrogens with two attached hydrogens (primary N) is 1. The minimum atomic E-state index is 0.259. The third-order valence-electron chi connectivity index (χ3n) is 2.99. The summed E-state index contributed by atoms with van der Waals surface area (Å²) in [6, 6.07) is 5.82. The van der Waals surface area contributed by atoms with Crippen molar-refractivity contribution in [1.29, 1.82) is 0 Å². The molecule has 0 unspecified atom stereocenters. The maximum absolute atomic E-state index is 5.89. The summed E-state index contributed by atoms with van der Waals surface area (Å²) in [6.07, 6.45) is 1.88. The second-order valence-corrected chi connectivity index (χ2v) is 5.19. The van der Waals surface area contributed by atoms with Gasteiger partial charge < -0.3 is 10.5 Å². The second kappa shape index (κ2) is 5.21. The van der Waals surface area contributed by atoms with E-state index in [1.54, 1.807) is 7.11 Å². The van der Waals surface area contributed by atoms with Crippen LogP contribution in [-0.4, -0.2) is 37.9 Å². The van der Waals surface area contributed by atoms with Crippen LogP contribution in [0.2, 0.25) is 0 Å². The summed E-state index contributed by atoms with van der Waals surface area (Å²) in [5, 5.41) is 4.94. The maximum atomic E-state index is 5.89. The molecule has 0 aliphatic carbocycles. The van der Waals surface area contributed by atoms with E-state index >= 15 is 0 Å². The van der Waals surface area contributed by atoms with Gasteiger partial charge in [0, 0.05) is 0 Å². The number of aryl methyl sites for hydroxylation is 1. The fraction of sp³-hybridized carbons (Fsp3) is 0.231. The fourth-order valence-electron chi connectivity index (χ4n) is 1.99. The summed E-state index contributed by atoms with van der Waals surface area (Å²) in [5.41, 5.74) is 7.78. The zero-order valence-electron chi connectivity index (χ0n) is 11.9. The number of hydrogen-bond donors (Lipinski definition) is 1. The molecule has 0 spiro atoms. The Morgan fingerprint density at radius 1 is 1.24 bits per heavy atom. The molecule has 3 aromatic rings. The van der Waals surface area contributed by atoms with Crippen molar-refractivity contribution in [2.45, 2.75) is 12.1 Å². The molecule has 0 saturated heterocycles. The lowest BCUT2D eigenvalue weighted by atomic mass is 10.1. The summed E-state index contributed by atoms with van der Waals surface area (Å²) in [4.78, 5) is 12.9. The van der Waals surface area contributed by atoms with Crippen molar-refractivity contribution in [1.82, 2.24) is 24.6 Å². The van der Waals surface area contributed by atoms with Crippen molar-refractivity contribution < 1.29 is 4.74 Å². The highest BCUT2D eigenvalue weighted by Gasteiger charge is 2.15. The van der Waals surface area contributed by atoms with Gasteiger partial charge >= 0.3 is 0 Å². The van der Waals surface area contributed by atoms with Crippen LogP contribution < -0.4 is 10.5 Å². The average Bonchev–Trinajstić information content (AvgIpc) is 2.91. The Kier molecular flexibility index (Phi) is 3.38. The topological polar surface area (TPSA) is 91.2 Å². The molecular formula is C13H14N6OS. The van der Waals surface area contributed by atoms with Crippen LogP contribution in [0.25, 0.3) is 17.2 Å². The highest BCUT2D eigenvalue weighted by atomic mass is 32.2. The molecule has 8 heteroatoms. The van der Waals surface area contributed by atoms with Crippen LogP contribution in [0.15, 0.2) is 23.4 Å². The number of ether oxygens (including phenoxy) is 1. The highest BCUT2D eigenvalue weighted by molar-refractivity contribution is 7.98. The Morgan fingerprint density at radius 2 is 2.05 bits per heavy atom. The number of fused-ring (bicyclic) bond motifs is 1. The fourth-order valence-corrected chi connectivity index (χ4v) is 2.35. The standard InChI is InChI=1S/C13H14N6OS/c1-7-4-5-9(20-2)8(6-7)10-15-12-17-13(21-3)16-11(14)19(12)18-10/h4-6H,1-3H3,(H2,14,15,16,17,18). The predicted octanol–water partition coefficient (Wildman–Crippen LogP) is 1.81. The zero-order valence-corrected chi connectivity index (χ0v) is 12.7. The summed E-state index contributed by atoms with van der Waals surface area (Å²) < 4.78 is 6.79. The molecule has 2 N–H and O–H groups in total. The average molecular weight is 302 g/mol. The molecule has 3 rings (SSSR count). The van der Waals surface area contributed by atoms with Gasteiger partial charge in [-0.25, -0.2) is 0 Å². The second-order valence-electron chi connectivity index (χ2n) is 4.42. The van der Waals surface area contributed by atoms with Crippen LogP contribution in [0.3, 0.4) is 0 Å². The minimum absolute atomic E-state index is 0.259. The molecule has 0 saturated carbocycles. The predicted molar refractivity (Wildman–Crippen MR) is 81.5 cm³/mol. The zero-order chi connectivity index (χ0) is 15.0. The van der Waals surface area contributed by atoms with Crippen LogP contribution in [0.5, 0.6) is 5.75 Å². The van der Waals surface area contributed by atoms with E-state index < -0.39 is 0 Å². The Balaban J connectivity index is 2.22. The third kappa shape index (κ3) is 2.38. The van der Waals surface area contributed by atoms with Gasteiger partial charge in [-0.1, -0.05) is 23.4 Å². The lowest BCUT2D eigenvalue weighted by molar-refractivity contribution is 0.416. The maximum Gasteiger partial charge on any atom is 0.258 e. The van der Waals surface area contributed by atoms with Gasteiger partial charge in [0.25, 0.3) is 5.78 Å². The quantitative estimate of drug-likeness (QED) is 0.738. The van der Waals surface area contributed by atoms with Crippen molar-refractivity contribution in [2.75, 3.05) is 19.1 Å². The van der Waals surface area contributed by atoms with Gasteiger partial charge in [-0.3, -0.25) is 0 Å². The molecule has 0 atom stereocenters. The number of methoxy groups -OCH3 is 1. The van der Waals surface area contributed by atoms with Gasteiger partial charge in [0.05, 0.1) is 12.7 Å². The van der Waals surface area contributed by atoms with E-state index in [0.717, 1.165) is 11.1 Å². The summed E-state index contributed by atoms with van der Waals surface area (Å²) in [6.45, 7) is 2.00. The molecule has 21 heavy (non-hydrogen) atoms. The number of anilines is 1. The first kappa shape index (κ1) is 13.6. The number of hydrogen-bond acceptors (Lipinski definition) is 7. The Bertz CT molecular complexity index is 816. The van der Waals surface area contributed by atoms with Gasteiger partial charge in [0.15, 0.2) is 11.0 Å². The molecule has 0 amide bonds. The van der Waals surface area contributed by atoms with E-state index in [4.69, 9.17) is 10.5 Å². The van der Waals surface area contributed by atoms with E-state index in [-0.39, 0.29) is 5.95 Å². The lowest BCUT2D eigenvalue weighted by Crippen LogP contribution is -2.04. The highest BCUT2D eigenvalue weighted by Crippen LogP contribution is 2.29. The lowest BCUT2D eigenvalue weighted by Gasteiger charge is -2.05. The van der Waals surface area contributed by atoms with Gasteiger partial charge in [-0.15, -0.1) is 5.10 Å². The van der Waals surface area contributed by atoms with E-state index in [1.807, 2.05) is 31.4 Å². The van der Waals surface area contributed by atoms with Crippen molar-refractivity contribution in [2.24, 2.45) is 0 Å². The summed E-state index contributed by atoms with van der Waals surface area (Å²) >= 11 is 1.40. The minimum Gasteiger partial charge on any atom is -0.496 e. The van der Waals surface area contributed by atoms with E-state index in [0.29, 0.717) is 22.5 Å². The number of nitrogen functional groups attached to an aromatic ring is 1. The van der Waals surface area contributed by atoms with Gasteiger partial charge in [-0.2, -0.15) is 19.5 Å². The Hall–Kier alpha value is -2.35. The van der Waals surface area contributed by atoms with Crippen molar-refractivity contribution in [3.8, 4) is 17.1 Å². The Morgan fingerprint density at radius 3 is 2.76 bits per heavy atom. The smallest absolute Gasteiger partial charge is 0.258 e. The van der Waals surface area contributed by atoms with Crippen LogP contribution in [0.4, 0.5) is 5.95 Å². The first-order valence-electron chi connectivity index (χ1n) is 6.21. The number of rotatable bonds is 3. The number of nitrogens with zero attached hydrogens (tertiary/aromatic N) is 5. The van der Waals surface area contributed by atoms with Crippen molar-refractivity contribution in [3.63, 3.8) is 0 Å². The largest absolute Gasteiger partial charge is 0.496 e. The van der Waals surface area contributed by atoms with E-state index in [2.05, 4.69) is 20.1 Å². The first-order valence-corrected chi connectivity index (χ1v) is 7.44. The SMILES string of the molecule is COc1ccc(C)cc1-c1nc2nc(SC)nc(N)n2n1. The molecule has 108 valence electrons. The van der Waals surface area contributed by atoms with Gasteiger partial charge in [0.1, 0.15) is 5.75 Å². The molecule has 0 aliphatic rings. The molecule has 2 heterocycles. The van der Waals surface area contributed by atoms with Crippen LogP contribution >= 0.6 is 11.8 Å². The van der Waals surface area contributed by atoms with Crippen LogP contribution in [-0.2, 0) is 0 Å². The normalized spacial score (nSPS) is 11.0. The molecule has 0 bridgehead atoms. The molecule has 0 aliphatic heterocycles. The van der Waals surface area contributed by atoms with Crippen LogP contribution in [0, 0.1) is 6.92 Å². The monoisotopic (exact) mass is 302 g/mol. The molecule has 0 fully saturated rings. The number of aromatic nitrogens is 5. The number of thioether (sulfide) groups is 1. The van der Waals surface area contributed by atoms with E-state index in [1.165, 1.54) is 16.3 Å². The van der Waals surface area contributed by atoms with Gasteiger partial charge in [0.2, 0.25) is 5.95 Å². The van der Waals surface area contributed by atoms with Crippen molar-refractivity contribution in [3.05, 3.63) is 23.8 Å². The van der Waals surface area contributed by atoms with E-state index in [9.17, 15) is 0 Å². The summed E-state index contributed by atoms with van der Waals surface area (Å²) in [7, 11) is 1.62. The number of benzene rings is 1. The first-order chi connectivity index (χ1) is 10.1. The van der Waals surface area contributed by atoms with Gasteiger partial charge in [-0.05, 0) is 25.3 Å². The Labute approximate surface area is 125 Å². The third-order valence-corrected chi connectivity index (χ3v) is 3.54. The van der Waals surface area contributed by atoms with Crippen molar-refractivity contribution >= 4 is 23.5 Å². The molecule has 0 radical (unpaired) electrons.